The molecule has 0 aliphatic carbocycles. The Kier molecular flexibility index (Phi) is 4.63. The number of rotatable bonds is 4. The van der Waals surface area contributed by atoms with Crippen LogP contribution < -0.4 is 4.74 Å². The first-order valence-electron chi connectivity index (χ1n) is 5.85. The Morgan fingerprint density at radius 1 is 1.20 bits per heavy atom. The Labute approximate surface area is 126 Å². The molecule has 0 saturated carbocycles. The van der Waals surface area contributed by atoms with Crippen LogP contribution in [0.3, 0.4) is 0 Å². The third kappa shape index (κ3) is 3.30. The van der Waals surface area contributed by atoms with Crippen molar-refractivity contribution in [2.24, 2.45) is 0 Å². The molecule has 0 saturated heterocycles. The van der Waals surface area contributed by atoms with E-state index in [0.717, 1.165) is 0 Å². The van der Waals surface area contributed by atoms with E-state index in [-0.39, 0.29) is 17.4 Å². The molecule has 5 heteroatoms. The van der Waals surface area contributed by atoms with Gasteiger partial charge in [0.05, 0.1) is 10.0 Å². The normalized spacial score (nSPS) is 10.4. The summed E-state index contributed by atoms with van der Waals surface area (Å²) in [6.45, 7) is 1.46. The molecule has 2 aromatic carbocycles. The summed E-state index contributed by atoms with van der Waals surface area (Å²) in [7, 11) is 0. The number of benzene rings is 2. The van der Waals surface area contributed by atoms with Crippen molar-refractivity contribution in [2.45, 2.75) is 13.5 Å². The lowest BCUT2D eigenvalue weighted by molar-refractivity contribution is 0.101. The van der Waals surface area contributed by atoms with E-state index in [9.17, 15) is 9.18 Å². The van der Waals surface area contributed by atoms with Crippen molar-refractivity contribution in [1.29, 1.82) is 0 Å². The predicted octanol–water partition coefficient (Wildman–Crippen LogP) is 4.91. The van der Waals surface area contributed by atoms with E-state index in [4.69, 9.17) is 27.9 Å². The SMILES string of the molecule is CC(=O)c1ccc(OCc2cccc(Cl)c2F)c(Cl)c1. The van der Waals surface area contributed by atoms with E-state index in [0.29, 0.717) is 21.9 Å². The first-order chi connectivity index (χ1) is 9.49. The predicted molar refractivity (Wildman–Crippen MR) is 77.2 cm³/mol. The Balaban J connectivity index is 2.15. The molecule has 0 heterocycles. The van der Waals surface area contributed by atoms with Gasteiger partial charge in [-0.25, -0.2) is 4.39 Å². The highest BCUT2D eigenvalue weighted by molar-refractivity contribution is 6.32. The third-order valence-electron chi connectivity index (χ3n) is 2.75. The summed E-state index contributed by atoms with van der Waals surface area (Å²) in [4.78, 5) is 11.2. The van der Waals surface area contributed by atoms with Crippen LogP contribution in [0.5, 0.6) is 5.75 Å². The molecule has 0 fully saturated rings. The molecule has 0 spiro atoms. The van der Waals surface area contributed by atoms with Crippen molar-refractivity contribution >= 4 is 29.0 Å². The van der Waals surface area contributed by atoms with Crippen molar-refractivity contribution in [3.63, 3.8) is 0 Å². The Morgan fingerprint density at radius 2 is 1.95 bits per heavy atom. The number of carbonyl (C=O) groups excluding carboxylic acids is 1. The second kappa shape index (κ2) is 6.25. The van der Waals surface area contributed by atoms with E-state index in [1.807, 2.05) is 0 Å². The minimum atomic E-state index is -0.509. The molecule has 2 rings (SSSR count). The van der Waals surface area contributed by atoms with Crippen LogP contribution in [0, 0.1) is 5.82 Å². The summed E-state index contributed by atoms with van der Waals surface area (Å²) in [5.41, 5.74) is 0.834. The molecule has 0 aromatic heterocycles. The zero-order valence-corrected chi connectivity index (χ0v) is 12.1. The van der Waals surface area contributed by atoms with E-state index in [2.05, 4.69) is 0 Å². The van der Waals surface area contributed by atoms with Crippen LogP contribution in [0.15, 0.2) is 36.4 Å². The maximum atomic E-state index is 13.7. The van der Waals surface area contributed by atoms with Crippen molar-refractivity contribution < 1.29 is 13.9 Å². The number of halogens is 3. The lowest BCUT2D eigenvalue weighted by atomic mass is 10.1. The number of Topliss-reactive ketones (excluding diaryl/α,β-unsaturated/α-hetero) is 1. The molecule has 0 aliphatic heterocycles. The summed E-state index contributed by atoms with van der Waals surface area (Å²) < 4.78 is 19.1. The molecule has 0 N–H and O–H groups in total. The molecular weight excluding hydrogens is 302 g/mol. The average Bonchev–Trinajstić information content (AvgIpc) is 2.41. The lowest BCUT2D eigenvalue weighted by Crippen LogP contribution is -2.00. The maximum absolute atomic E-state index is 13.7. The molecule has 0 bridgehead atoms. The standard InChI is InChI=1S/C15H11Cl2FO2/c1-9(19)10-5-6-14(13(17)7-10)20-8-11-3-2-4-12(16)15(11)18/h2-7H,8H2,1H3. The van der Waals surface area contributed by atoms with Crippen molar-refractivity contribution in [2.75, 3.05) is 0 Å². The zero-order valence-electron chi connectivity index (χ0n) is 10.6. The van der Waals surface area contributed by atoms with Gasteiger partial charge in [-0.15, -0.1) is 0 Å². The molecular formula is C15H11Cl2FO2. The van der Waals surface area contributed by atoms with Gasteiger partial charge in [-0.05, 0) is 31.2 Å². The number of ketones is 1. The van der Waals surface area contributed by atoms with Gasteiger partial charge in [0.2, 0.25) is 0 Å². The quantitative estimate of drug-likeness (QED) is 0.749. The summed E-state index contributed by atoms with van der Waals surface area (Å²) >= 11 is 11.7. The Bertz CT molecular complexity index is 656. The third-order valence-corrected chi connectivity index (χ3v) is 3.34. The van der Waals surface area contributed by atoms with Gasteiger partial charge in [0.1, 0.15) is 18.2 Å². The van der Waals surface area contributed by atoms with E-state index >= 15 is 0 Å². The minimum absolute atomic E-state index is 0.00549. The lowest BCUT2D eigenvalue weighted by Gasteiger charge is -2.10. The molecule has 2 nitrogen and oxygen atoms in total. The number of hydrogen-bond acceptors (Lipinski definition) is 2. The molecule has 0 unspecified atom stereocenters. The van der Waals surface area contributed by atoms with Crippen molar-refractivity contribution in [3.05, 3.63) is 63.4 Å². The van der Waals surface area contributed by atoms with Crippen LogP contribution in [0.2, 0.25) is 10.0 Å². The van der Waals surface area contributed by atoms with Crippen LogP contribution in [0.25, 0.3) is 0 Å². The van der Waals surface area contributed by atoms with Crippen LogP contribution >= 0.6 is 23.2 Å². The van der Waals surface area contributed by atoms with Crippen LogP contribution in [0.4, 0.5) is 4.39 Å². The van der Waals surface area contributed by atoms with E-state index < -0.39 is 5.82 Å². The van der Waals surface area contributed by atoms with Gasteiger partial charge in [0, 0.05) is 11.1 Å². The Hall–Kier alpha value is -1.58. The van der Waals surface area contributed by atoms with E-state index in [1.54, 1.807) is 24.3 Å². The van der Waals surface area contributed by atoms with Crippen LogP contribution in [0.1, 0.15) is 22.8 Å². The van der Waals surface area contributed by atoms with Gasteiger partial charge < -0.3 is 4.74 Å². The largest absolute Gasteiger partial charge is 0.487 e. The molecule has 0 amide bonds. The first-order valence-corrected chi connectivity index (χ1v) is 6.61. The van der Waals surface area contributed by atoms with Gasteiger partial charge in [0.15, 0.2) is 5.78 Å². The first kappa shape index (κ1) is 14.8. The van der Waals surface area contributed by atoms with Gasteiger partial charge in [-0.1, -0.05) is 35.3 Å². The summed E-state index contributed by atoms with van der Waals surface area (Å²) in [5, 5.41) is 0.351. The maximum Gasteiger partial charge on any atom is 0.159 e. The average molecular weight is 313 g/mol. The minimum Gasteiger partial charge on any atom is -0.487 e. The highest BCUT2D eigenvalue weighted by atomic mass is 35.5. The summed E-state index contributed by atoms with van der Waals surface area (Å²) in [6.07, 6.45) is 0. The Morgan fingerprint density at radius 3 is 2.60 bits per heavy atom. The van der Waals surface area contributed by atoms with Gasteiger partial charge in [-0.2, -0.15) is 0 Å². The van der Waals surface area contributed by atoms with E-state index in [1.165, 1.54) is 19.1 Å². The second-order valence-corrected chi connectivity index (χ2v) is 5.02. The molecule has 2 aromatic rings. The van der Waals surface area contributed by atoms with Gasteiger partial charge in [0.25, 0.3) is 0 Å². The molecule has 104 valence electrons. The number of ether oxygens (including phenoxy) is 1. The van der Waals surface area contributed by atoms with Crippen LogP contribution in [-0.2, 0) is 6.61 Å². The smallest absolute Gasteiger partial charge is 0.159 e. The zero-order chi connectivity index (χ0) is 14.7. The summed E-state index contributed by atoms with van der Waals surface area (Å²) in [5.74, 6) is -0.207. The topological polar surface area (TPSA) is 26.3 Å². The van der Waals surface area contributed by atoms with Gasteiger partial charge in [-0.3, -0.25) is 4.79 Å². The number of hydrogen-bond donors (Lipinski definition) is 0. The fourth-order valence-corrected chi connectivity index (χ4v) is 2.08. The molecule has 0 atom stereocenters. The summed E-state index contributed by atoms with van der Waals surface area (Å²) in [6, 6.07) is 9.41. The van der Waals surface area contributed by atoms with Crippen molar-refractivity contribution in [3.8, 4) is 5.75 Å². The fraction of sp³-hybridized carbons (Fsp3) is 0.133. The molecule has 0 radical (unpaired) electrons. The molecule has 20 heavy (non-hydrogen) atoms. The number of carbonyl (C=O) groups is 1. The monoisotopic (exact) mass is 312 g/mol. The van der Waals surface area contributed by atoms with Crippen molar-refractivity contribution in [1.82, 2.24) is 0 Å². The highest BCUT2D eigenvalue weighted by Crippen LogP contribution is 2.27. The van der Waals surface area contributed by atoms with Crippen LogP contribution in [-0.4, -0.2) is 5.78 Å². The highest BCUT2D eigenvalue weighted by Gasteiger charge is 2.09. The second-order valence-electron chi connectivity index (χ2n) is 4.20. The fourth-order valence-electron chi connectivity index (χ4n) is 1.65. The van der Waals surface area contributed by atoms with Gasteiger partial charge >= 0.3 is 0 Å². The molecule has 0 aliphatic rings.